The number of aliphatic hydroxyl groups is 1. The molecule has 0 spiro atoms. The fourth-order valence-corrected chi connectivity index (χ4v) is 1.84. The second-order valence-corrected chi connectivity index (χ2v) is 5.58. The van der Waals surface area contributed by atoms with E-state index in [1.165, 1.54) is 4.90 Å². The monoisotopic (exact) mass is 244 g/mol. The Morgan fingerprint density at radius 2 is 1.94 bits per heavy atom. The van der Waals surface area contributed by atoms with Gasteiger partial charge in [-0.25, -0.2) is 4.79 Å². The molecular formula is C11H20N2O4. The Balaban J connectivity index is 2.84. The number of rotatable bonds is 2. The highest BCUT2D eigenvalue weighted by molar-refractivity contribution is 5.88. The minimum Gasteiger partial charge on any atom is -0.480 e. The van der Waals surface area contributed by atoms with Gasteiger partial charge in [0.25, 0.3) is 0 Å². The van der Waals surface area contributed by atoms with Crippen molar-refractivity contribution in [3.05, 3.63) is 0 Å². The molecule has 0 aromatic heterocycles. The number of amides is 1. The van der Waals surface area contributed by atoms with Crippen LogP contribution in [0, 0.1) is 5.41 Å². The number of hydrogen-bond acceptors (Lipinski definition) is 4. The number of nitrogens with two attached hydrogens (primary N) is 1. The molecule has 1 saturated heterocycles. The molecule has 0 unspecified atom stereocenters. The van der Waals surface area contributed by atoms with Crippen molar-refractivity contribution >= 4 is 11.9 Å². The Morgan fingerprint density at radius 1 is 1.41 bits per heavy atom. The first-order chi connectivity index (χ1) is 7.64. The van der Waals surface area contributed by atoms with Gasteiger partial charge in [0, 0.05) is 13.0 Å². The highest BCUT2D eigenvalue weighted by Gasteiger charge is 2.42. The predicted octanol–water partition coefficient (Wildman–Crippen LogP) is -0.594. The summed E-state index contributed by atoms with van der Waals surface area (Å²) in [6, 6.07) is -1.74. The standard InChI is InChI=1S/C11H20N2O4/c1-11(2,3)8(12)9(15)13-5-6(14)4-7(13)10(16)17/h6-8,14H,4-5,12H2,1-3H3,(H,16,17)/t6-,7+,8+/m1/s1. The number of carboxylic acids is 1. The van der Waals surface area contributed by atoms with Crippen molar-refractivity contribution in [3.63, 3.8) is 0 Å². The molecule has 1 heterocycles. The fourth-order valence-electron chi connectivity index (χ4n) is 1.84. The molecule has 6 heteroatoms. The van der Waals surface area contributed by atoms with E-state index in [1.807, 2.05) is 20.8 Å². The summed E-state index contributed by atoms with van der Waals surface area (Å²) in [6.07, 6.45) is -0.718. The van der Waals surface area contributed by atoms with E-state index in [1.54, 1.807) is 0 Å². The third-order valence-corrected chi connectivity index (χ3v) is 3.05. The molecule has 4 N–H and O–H groups in total. The highest BCUT2D eigenvalue weighted by atomic mass is 16.4. The smallest absolute Gasteiger partial charge is 0.326 e. The summed E-state index contributed by atoms with van der Waals surface area (Å²) in [6.45, 7) is 5.49. The quantitative estimate of drug-likeness (QED) is 0.602. The zero-order valence-corrected chi connectivity index (χ0v) is 10.4. The number of carbonyl (C=O) groups excluding carboxylic acids is 1. The van der Waals surface area contributed by atoms with Crippen LogP contribution in [0.2, 0.25) is 0 Å². The van der Waals surface area contributed by atoms with Crippen LogP contribution in [0.1, 0.15) is 27.2 Å². The number of nitrogens with zero attached hydrogens (tertiary/aromatic N) is 1. The van der Waals surface area contributed by atoms with Crippen LogP contribution in [0.4, 0.5) is 0 Å². The number of β-amino-alcohol motifs (C(OH)–C–C–N with tert-alkyl or cyclic N) is 1. The van der Waals surface area contributed by atoms with Crippen LogP contribution in [0.5, 0.6) is 0 Å². The molecular weight excluding hydrogens is 224 g/mol. The Bertz CT molecular complexity index is 324. The van der Waals surface area contributed by atoms with Crippen LogP contribution < -0.4 is 5.73 Å². The van der Waals surface area contributed by atoms with Crippen molar-refractivity contribution in [1.29, 1.82) is 0 Å². The van der Waals surface area contributed by atoms with Crippen molar-refractivity contribution in [3.8, 4) is 0 Å². The van der Waals surface area contributed by atoms with Gasteiger partial charge in [-0.3, -0.25) is 4.79 Å². The summed E-state index contributed by atoms with van der Waals surface area (Å²) >= 11 is 0. The van der Waals surface area contributed by atoms with Gasteiger partial charge in [0.05, 0.1) is 12.1 Å². The number of aliphatic carboxylic acids is 1. The molecule has 1 aliphatic heterocycles. The minimum absolute atomic E-state index is 0.0413. The van der Waals surface area contributed by atoms with Crippen molar-refractivity contribution < 1.29 is 19.8 Å². The lowest BCUT2D eigenvalue weighted by molar-refractivity contribution is -0.149. The SMILES string of the molecule is CC(C)(C)[C@@H](N)C(=O)N1C[C@H](O)C[C@H]1C(=O)O. The first-order valence-electron chi connectivity index (χ1n) is 5.61. The lowest BCUT2D eigenvalue weighted by Gasteiger charge is -2.31. The average Bonchev–Trinajstić information content (AvgIpc) is 2.56. The zero-order chi connectivity index (χ0) is 13.4. The lowest BCUT2D eigenvalue weighted by atomic mass is 9.86. The first kappa shape index (κ1) is 13.9. The van der Waals surface area contributed by atoms with Crippen LogP contribution in [0.15, 0.2) is 0 Å². The number of carboxylic acid groups (broad SMARTS) is 1. The van der Waals surface area contributed by atoms with Crippen LogP contribution in [-0.2, 0) is 9.59 Å². The van der Waals surface area contributed by atoms with Crippen LogP contribution in [0.25, 0.3) is 0 Å². The van der Waals surface area contributed by atoms with Gasteiger partial charge >= 0.3 is 5.97 Å². The Kier molecular flexibility index (Phi) is 3.78. The van der Waals surface area contributed by atoms with Gasteiger partial charge in [0.2, 0.25) is 5.91 Å². The van der Waals surface area contributed by atoms with Crippen molar-refractivity contribution in [2.24, 2.45) is 11.1 Å². The molecule has 1 amide bonds. The van der Waals surface area contributed by atoms with Crippen molar-refractivity contribution in [2.75, 3.05) is 6.54 Å². The minimum atomic E-state index is -1.10. The summed E-state index contributed by atoms with van der Waals surface area (Å²) in [5.41, 5.74) is 5.38. The number of aliphatic hydroxyl groups excluding tert-OH is 1. The largest absolute Gasteiger partial charge is 0.480 e. The van der Waals surface area contributed by atoms with E-state index in [9.17, 15) is 14.7 Å². The van der Waals surface area contributed by atoms with Gasteiger partial charge in [0.1, 0.15) is 6.04 Å². The van der Waals surface area contributed by atoms with Crippen LogP contribution in [0.3, 0.4) is 0 Å². The third-order valence-electron chi connectivity index (χ3n) is 3.05. The van der Waals surface area contributed by atoms with E-state index >= 15 is 0 Å². The van der Waals surface area contributed by atoms with Gasteiger partial charge < -0.3 is 20.8 Å². The molecule has 1 aliphatic rings. The normalized spacial score (nSPS) is 27.0. The second kappa shape index (κ2) is 4.62. The molecule has 6 nitrogen and oxygen atoms in total. The van der Waals surface area contributed by atoms with E-state index in [0.717, 1.165) is 0 Å². The molecule has 3 atom stereocenters. The summed E-state index contributed by atoms with van der Waals surface area (Å²) in [4.78, 5) is 24.2. The number of likely N-dealkylation sites (tertiary alicyclic amines) is 1. The van der Waals surface area contributed by atoms with Gasteiger partial charge in [-0.05, 0) is 5.41 Å². The van der Waals surface area contributed by atoms with Gasteiger partial charge in [-0.1, -0.05) is 20.8 Å². The molecule has 0 aromatic carbocycles. The van der Waals surface area contributed by atoms with E-state index in [-0.39, 0.29) is 13.0 Å². The maximum Gasteiger partial charge on any atom is 0.326 e. The second-order valence-electron chi connectivity index (χ2n) is 5.58. The summed E-state index contributed by atoms with van der Waals surface area (Å²) in [5, 5.41) is 18.4. The van der Waals surface area contributed by atoms with Crippen LogP contribution >= 0.6 is 0 Å². The van der Waals surface area contributed by atoms with E-state index in [4.69, 9.17) is 10.8 Å². The topological polar surface area (TPSA) is 104 Å². The van der Waals surface area contributed by atoms with Crippen molar-refractivity contribution in [1.82, 2.24) is 4.90 Å². The molecule has 0 radical (unpaired) electrons. The Hall–Kier alpha value is -1.14. The van der Waals surface area contributed by atoms with Gasteiger partial charge in [0.15, 0.2) is 0 Å². The Labute approximate surface area is 100 Å². The van der Waals surface area contributed by atoms with Gasteiger partial charge in [-0.15, -0.1) is 0 Å². The van der Waals surface area contributed by atoms with E-state index in [2.05, 4.69) is 0 Å². The van der Waals surface area contributed by atoms with Crippen LogP contribution in [-0.4, -0.2) is 51.7 Å². The molecule has 1 fully saturated rings. The van der Waals surface area contributed by atoms with Crippen molar-refractivity contribution in [2.45, 2.75) is 45.4 Å². The van der Waals surface area contributed by atoms with E-state index in [0.29, 0.717) is 0 Å². The fraction of sp³-hybridized carbons (Fsp3) is 0.818. The molecule has 98 valence electrons. The third kappa shape index (κ3) is 2.95. The average molecular weight is 244 g/mol. The zero-order valence-electron chi connectivity index (χ0n) is 10.4. The maximum atomic E-state index is 12.1. The molecule has 1 rings (SSSR count). The first-order valence-corrected chi connectivity index (χ1v) is 5.61. The number of carbonyl (C=O) groups is 2. The predicted molar refractivity (Wildman–Crippen MR) is 61.2 cm³/mol. The maximum absolute atomic E-state index is 12.1. The molecule has 17 heavy (non-hydrogen) atoms. The molecule has 0 aliphatic carbocycles. The molecule has 0 bridgehead atoms. The molecule has 0 aromatic rings. The Morgan fingerprint density at radius 3 is 2.35 bits per heavy atom. The lowest BCUT2D eigenvalue weighted by Crippen LogP contribution is -2.53. The van der Waals surface area contributed by atoms with Gasteiger partial charge in [-0.2, -0.15) is 0 Å². The molecule has 0 saturated carbocycles. The summed E-state index contributed by atoms with van der Waals surface area (Å²) in [5.74, 6) is -1.52. The highest BCUT2D eigenvalue weighted by Crippen LogP contribution is 2.24. The number of hydrogen-bond donors (Lipinski definition) is 3. The van der Waals surface area contributed by atoms with E-state index < -0.39 is 35.5 Å². The summed E-state index contributed by atoms with van der Waals surface area (Å²) < 4.78 is 0. The summed E-state index contributed by atoms with van der Waals surface area (Å²) in [7, 11) is 0.